The van der Waals surface area contributed by atoms with E-state index in [1.165, 1.54) is 6.08 Å². The lowest BCUT2D eigenvalue weighted by atomic mass is 9.98. The molecule has 0 radical (unpaired) electrons. The van der Waals surface area contributed by atoms with Crippen molar-refractivity contribution in [2.45, 2.75) is 38.8 Å². The van der Waals surface area contributed by atoms with Crippen LogP contribution in [0.3, 0.4) is 0 Å². The van der Waals surface area contributed by atoms with Crippen LogP contribution in [0.15, 0.2) is 25.0 Å². The third-order valence-corrected chi connectivity index (χ3v) is 5.24. The number of fused-ring (bicyclic) bond motifs is 1. The van der Waals surface area contributed by atoms with Crippen LogP contribution in [0.4, 0.5) is 5.82 Å². The van der Waals surface area contributed by atoms with Crippen LogP contribution in [0.1, 0.15) is 38.1 Å². The number of carbonyl (C=O) groups is 2. The quantitative estimate of drug-likeness (QED) is 0.698. The Labute approximate surface area is 176 Å². The lowest BCUT2D eigenvalue weighted by Gasteiger charge is -2.47. The fourth-order valence-corrected chi connectivity index (χ4v) is 3.85. The lowest BCUT2D eigenvalue weighted by molar-refractivity contribution is -0.131. The molecule has 1 aliphatic heterocycles. The van der Waals surface area contributed by atoms with E-state index in [1.54, 1.807) is 19.5 Å². The maximum atomic E-state index is 12.8. The van der Waals surface area contributed by atoms with E-state index in [2.05, 4.69) is 26.8 Å². The Hall–Kier alpha value is -2.94. The van der Waals surface area contributed by atoms with Crippen molar-refractivity contribution in [3.8, 4) is 0 Å². The number of H-pyrrole nitrogens is 1. The van der Waals surface area contributed by atoms with Crippen LogP contribution < -0.4 is 10.2 Å². The van der Waals surface area contributed by atoms with Crippen molar-refractivity contribution >= 4 is 28.8 Å². The fourth-order valence-electron chi connectivity index (χ4n) is 3.85. The van der Waals surface area contributed by atoms with Gasteiger partial charge in [-0.15, -0.1) is 0 Å². The molecule has 2 N–H and O–H groups in total. The molecule has 0 unspecified atom stereocenters. The smallest absolute Gasteiger partial charge is 0.255 e. The number of aromatic amines is 1. The van der Waals surface area contributed by atoms with E-state index in [-0.39, 0.29) is 17.4 Å². The molecule has 9 heteroatoms. The van der Waals surface area contributed by atoms with Gasteiger partial charge in [0, 0.05) is 32.9 Å². The third-order valence-electron chi connectivity index (χ3n) is 5.24. The second kappa shape index (κ2) is 8.06. The second-order valence-electron chi connectivity index (χ2n) is 8.83. The molecule has 0 aliphatic carbocycles. The molecule has 2 amide bonds. The number of carbonyl (C=O) groups excluding carboxylic acids is 2. The molecule has 1 saturated heterocycles. The highest BCUT2D eigenvalue weighted by molar-refractivity contribution is 6.05. The maximum absolute atomic E-state index is 12.8. The Morgan fingerprint density at radius 3 is 2.77 bits per heavy atom. The summed E-state index contributed by atoms with van der Waals surface area (Å²) in [4.78, 5) is 41.1. The lowest BCUT2D eigenvalue weighted by Crippen LogP contribution is -2.61. The van der Waals surface area contributed by atoms with Crippen molar-refractivity contribution in [1.29, 1.82) is 0 Å². The van der Waals surface area contributed by atoms with Crippen LogP contribution in [0.2, 0.25) is 0 Å². The number of ether oxygens (including phenoxy) is 1. The van der Waals surface area contributed by atoms with Gasteiger partial charge in [0.25, 0.3) is 5.91 Å². The monoisotopic (exact) mass is 414 g/mol. The van der Waals surface area contributed by atoms with Crippen LogP contribution >= 0.6 is 0 Å². The summed E-state index contributed by atoms with van der Waals surface area (Å²) in [5.74, 6) is 0.354. The van der Waals surface area contributed by atoms with Crippen molar-refractivity contribution in [3.05, 3.63) is 30.6 Å². The number of rotatable bonds is 6. The number of hydrogen-bond acceptors (Lipinski definition) is 6. The zero-order valence-electron chi connectivity index (χ0n) is 18.3. The van der Waals surface area contributed by atoms with Crippen LogP contribution in [-0.2, 0) is 9.53 Å². The molecule has 3 rings (SSSR count). The number of methoxy groups -OCH3 is 1. The molecular weight excluding hydrogens is 384 g/mol. The van der Waals surface area contributed by atoms with Crippen LogP contribution in [-0.4, -0.2) is 76.1 Å². The Balaban J connectivity index is 1.86. The summed E-state index contributed by atoms with van der Waals surface area (Å²) in [5.41, 5.74) is 0.596. The van der Waals surface area contributed by atoms with Crippen molar-refractivity contribution < 1.29 is 14.3 Å². The van der Waals surface area contributed by atoms with E-state index in [0.29, 0.717) is 48.8 Å². The first-order chi connectivity index (χ1) is 14.1. The summed E-state index contributed by atoms with van der Waals surface area (Å²) in [5, 5.41) is 2.97. The van der Waals surface area contributed by atoms with Gasteiger partial charge >= 0.3 is 0 Å². The zero-order valence-corrected chi connectivity index (χ0v) is 18.3. The van der Waals surface area contributed by atoms with E-state index >= 15 is 0 Å². The highest BCUT2D eigenvalue weighted by Crippen LogP contribution is 2.26. The van der Waals surface area contributed by atoms with Gasteiger partial charge in [-0.3, -0.25) is 9.59 Å². The largest absolute Gasteiger partial charge is 0.382 e. The van der Waals surface area contributed by atoms with E-state index in [1.807, 2.05) is 32.6 Å². The minimum atomic E-state index is -0.515. The molecule has 3 heterocycles. The van der Waals surface area contributed by atoms with E-state index in [9.17, 15) is 9.59 Å². The highest BCUT2D eigenvalue weighted by atomic mass is 16.5. The number of aromatic nitrogens is 3. The average Bonchev–Trinajstić information content (AvgIpc) is 3.09. The van der Waals surface area contributed by atoms with Crippen molar-refractivity contribution in [2.24, 2.45) is 0 Å². The molecule has 0 spiro atoms. The van der Waals surface area contributed by atoms with E-state index in [0.717, 1.165) is 0 Å². The number of hydrogen-bond donors (Lipinski definition) is 2. The average molecular weight is 415 g/mol. The van der Waals surface area contributed by atoms with Gasteiger partial charge in [-0.1, -0.05) is 6.58 Å². The predicted molar refractivity (Wildman–Crippen MR) is 116 cm³/mol. The first-order valence-corrected chi connectivity index (χ1v) is 9.92. The summed E-state index contributed by atoms with van der Waals surface area (Å²) in [6.45, 7) is 13.6. The Morgan fingerprint density at radius 1 is 1.40 bits per heavy atom. The standard InChI is InChI=1S/C21H30N6O3/c1-7-16(28)27-9-8-26(12-21(27,4)5)15-11-23-18-17(24-15)14(10-22-18)19(29)25-20(2,3)13-30-6/h7,10-11H,1,8-9,12-13H2,2-6H3,(H,22,23)(H,25,29). The van der Waals surface area contributed by atoms with Gasteiger partial charge < -0.3 is 24.8 Å². The van der Waals surface area contributed by atoms with Crippen LogP contribution in [0.5, 0.6) is 0 Å². The van der Waals surface area contributed by atoms with E-state index in [4.69, 9.17) is 9.72 Å². The number of amides is 2. The first kappa shape index (κ1) is 21.8. The van der Waals surface area contributed by atoms with Gasteiger partial charge in [-0.25, -0.2) is 9.97 Å². The molecule has 0 bridgehead atoms. The molecule has 162 valence electrons. The summed E-state index contributed by atoms with van der Waals surface area (Å²) in [6.07, 6.45) is 4.66. The number of piperazine rings is 1. The SMILES string of the molecule is C=CC(=O)N1CCN(c2cnc3[nH]cc(C(=O)NC(C)(C)COC)c3n2)CC1(C)C. The minimum absolute atomic E-state index is 0.0792. The molecule has 1 aliphatic rings. The first-order valence-electron chi connectivity index (χ1n) is 9.92. The molecule has 9 nitrogen and oxygen atoms in total. The normalized spacial score (nSPS) is 16.6. The molecule has 0 aromatic carbocycles. The van der Waals surface area contributed by atoms with Crippen molar-refractivity contribution in [2.75, 3.05) is 38.3 Å². The van der Waals surface area contributed by atoms with Crippen molar-refractivity contribution in [3.63, 3.8) is 0 Å². The third kappa shape index (κ3) is 4.30. The Morgan fingerprint density at radius 2 is 2.13 bits per heavy atom. The topological polar surface area (TPSA) is 103 Å². The molecular formula is C21H30N6O3. The number of nitrogens with zero attached hydrogens (tertiary/aromatic N) is 4. The van der Waals surface area contributed by atoms with Gasteiger partial charge in [-0.2, -0.15) is 0 Å². The molecule has 0 atom stereocenters. The maximum Gasteiger partial charge on any atom is 0.255 e. The summed E-state index contributed by atoms with van der Waals surface area (Å²) < 4.78 is 5.17. The number of nitrogens with one attached hydrogen (secondary N) is 2. The van der Waals surface area contributed by atoms with Gasteiger partial charge in [0.2, 0.25) is 5.91 Å². The molecule has 1 fully saturated rings. The molecule has 2 aromatic heterocycles. The minimum Gasteiger partial charge on any atom is -0.382 e. The summed E-state index contributed by atoms with van der Waals surface area (Å²) >= 11 is 0. The van der Waals surface area contributed by atoms with Crippen LogP contribution in [0, 0.1) is 0 Å². The molecule has 30 heavy (non-hydrogen) atoms. The Bertz CT molecular complexity index is 965. The molecule has 2 aromatic rings. The van der Waals surface area contributed by atoms with Crippen LogP contribution in [0.25, 0.3) is 11.2 Å². The van der Waals surface area contributed by atoms with Crippen molar-refractivity contribution in [1.82, 2.24) is 25.2 Å². The fraction of sp³-hybridized carbons (Fsp3) is 0.524. The van der Waals surface area contributed by atoms with Gasteiger partial charge in [0.05, 0.1) is 29.4 Å². The van der Waals surface area contributed by atoms with Gasteiger partial charge in [0.15, 0.2) is 5.65 Å². The summed E-state index contributed by atoms with van der Waals surface area (Å²) in [6, 6.07) is 0. The summed E-state index contributed by atoms with van der Waals surface area (Å²) in [7, 11) is 1.60. The van der Waals surface area contributed by atoms with Gasteiger partial charge in [-0.05, 0) is 33.8 Å². The highest BCUT2D eigenvalue weighted by Gasteiger charge is 2.36. The second-order valence-corrected chi connectivity index (χ2v) is 8.83. The van der Waals surface area contributed by atoms with E-state index < -0.39 is 5.54 Å². The number of anilines is 1. The molecule has 0 saturated carbocycles. The van der Waals surface area contributed by atoms with Gasteiger partial charge in [0.1, 0.15) is 11.3 Å². The Kier molecular flexibility index (Phi) is 5.85. The predicted octanol–water partition coefficient (Wildman–Crippen LogP) is 1.73. The zero-order chi connectivity index (χ0) is 22.1.